The maximum atomic E-state index is 12.9. The second kappa shape index (κ2) is 8.57. The van der Waals surface area contributed by atoms with E-state index < -0.39 is 0 Å². The lowest BCUT2D eigenvalue weighted by molar-refractivity contribution is -0.122. The lowest BCUT2D eigenvalue weighted by Gasteiger charge is -2.25. The highest BCUT2D eigenvalue weighted by molar-refractivity contribution is 5.97. The molecule has 0 spiro atoms. The van der Waals surface area contributed by atoms with Gasteiger partial charge in [-0.1, -0.05) is 38.5 Å². The van der Waals surface area contributed by atoms with Crippen LogP contribution in [-0.4, -0.2) is 28.0 Å². The van der Waals surface area contributed by atoms with E-state index in [1.807, 2.05) is 0 Å². The van der Waals surface area contributed by atoms with Crippen molar-refractivity contribution in [2.45, 2.75) is 95.9 Å². The van der Waals surface area contributed by atoms with Crippen molar-refractivity contribution < 1.29 is 9.59 Å². The number of nitrogens with zero attached hydrogens (tertiary/aromatic N) is 2. The van der Waals surface area contributed by atoms with Crippen LogP contribution >= 0.6 is 0 Å². The number of nitrogens with one attached hydrogen (secondary N) is 1. The summed E-state index contributed by atoms with van der Waals surface area (Å²) in [5.41, 5.74) is 3.03. The Balaban J connectivity index is 1.46. The first-order valence-corrected chi connectivity index (χ1v) is 11.1. The van der Waals surface area contributed by atoms with E-state index in [1.165, 1.54) is 50.6 Å². The third-order valence-corrected chi connectivity index (χ3v) is 6.83. The van der Waals surface area contributed by atoms with Crippen molar-refractivity contribution >= 4 is 11.7 Å². The molecule has 1 aromatic rings. The summed E-state index contributed by atoms with van der Waals surface area (Å²) in [5, 5.41) is 7.70. The van der Waals surface area contributed by atoms with E-state index in [1.54, 1.807) is 0 Å². The smallest absolute Gasteiger partial charge is 0.272 e. The Hall–Kier alpha value is -1.65. The molecule has 0 atom stereocenters. The Labute approximate surface area is 162 Å². The Morgan fingerprint density at radius 1 is 0.889 bits per heavy atom. The zero-order valence-electron chi connectivity index (χ0n) is 16.5. The molecular weight excluding hydrogens is 338 g/mol. The van der Waals surface area contributed by atoms with Crippen LogP contribution in [0.3, 0.4) is 0 Å². The predicted molar refractivity (Wildman–Crippen MR) is 105 cm³/mol. The van der Waals surface area contributed by atoms with Crippen LogP contribution in [0.1, 0.15) is 105 Å². The highest BCUT2D eigenvalue weighted by Gasteiger charge is 2.29. The molecule has 3 aliphatic carbocycles. The van der Waals surface area contributed by atoms with Crippen molar-refractivity contribution in [3.63, 3.8) is 0 Å². The van der Waals surface area contributed by atoms with Crippen LogP contribution in [0.4, 0.5) is 0 Å². The summed E-state index contributed by atoms with van der Waals surface area (Å²) < 4.78 is 2.19. The van der Waals surface area contributed by atoms with E-state index in [9.17, 15) is 9.59 Å². The molecule has 1 amide bonds. The van der Waals surface area contributed by atoms with Gasteiger partial charge >= 0.3 is 0 Å². The van der Waals surface area contributed by atoms with Crippen LogP contribution in [0.15, 0.2) is 0 Å². The van der Waals surface area contributed by atoms with Crippen molar-refractivity contribution in [2.24, 2.45) is 5.92 Å². The van der Waals surface area contributed by atoms with Crippen molar-refractivity contribution in [1.29, 1.82) is 0 Å². The van der Waals surface area contributed by atoms with Gasteiger partial charge in [0, 0.05) is 17.2 Å². The number of carbonyl (C=O) groups excluding carboxylic acids is 2. The molecule has 0 aromatic carbocycles. The molecule has 1 aromatic heterocycles. The van der Waals surface area contributed by atoms with E-state index in [4.69, 9.17) is 5.10 Å². The number of Topliss-reactive ketones (excluding diaryl/α,β-unsaturated/α-hetero) is 1. The molecule has 0 aliphatic heterocycles. The van der Waals surface area contributed by atoms with Crippen LogP contribution in [0.5, 0.6) is 0 Å². The van der Waals surface area contributed by atoms with Crippen molar-refractivity contribution in [2.75, 3.05) is 6.54 Å². The molecule has 27 heavy (non-hydrogen) atoms. The van der Waals surface area contributed by atoms with Gasteiger partial charge < -0.3 is 5.32 Å². The predicted octanol–water partition coefficient (Wildman–Crippen LogP) is 4.15. The van der Waals surface area contributed by atoms with E-state index in [0.29, 0.717) is 11.7 Å². The zero-order valence-corrected chi connectivity index (χ0v) is 16.5. The van der Waals surface area contributed by atoms with Crippen LogP contribution < -0.4 is 5.32 Å². The fraction of sp³-hybridized carbons (Fsp3) is 0.773. The first-order chi connectivity index (χ1) is 13.2. The highest BCUT2D eigenvalue weighted by atomic mass is 16.2. The monoisotopic (exact) mass is 371 g/mol. The standard InChI is InChI=1S/C22H33N3O2/c26-20(16-9-3-1-4-10-16)15-23-22(27)21-18-13-7-8-14-19(18)25(24-21)17-11-5-2-6-12-17/h16-17H,1-15H2,(H,23,27). The first kappa shape index (κ1) is 18.7. The average Bonchev–Trinajstić information content (AvgIpc) is 3.13. The number of amides is 1. The van der Waals surface area contributed by atoms with Crippen molar-refractivity contribution in [3.05, 3.63) is 17.0 Å². The van der Waals surface area contributed by atoms with E-state index in [2.05, 4.69) is 10.00 Å². The second-order valence-electron chi connectivity index (χ2n) is 8.70. The fourth-order valence-corrected chi connectivity index (χ4v) is 5.26. The van der Waals surface area contributed by atoms with Crippen LogP contribution in [0.25, 0.3) is 0 Å². The van der Waals surface area contributed by atoms with Crippen LogP contribution in [0, 0.1) is 5.92 Å². The molecule has 0 unspecified atom stereocenters. The Morgan fingerprint density at radius 2 is 1.56 bits per heavy atom. The molecule has 5 nitrogen and oxygen atoms in total. The van der Waals surface area contributed by atoms with Crippen molar-refractivity contribution in [1.82, 2.24) is 15.1 Å². The molecule has 148 valence electrons. The molecule has 4 rings (SSSR count). The minimum atomic E-state index is -0.146. The molecule has 1 N–H and O–H groups in total. The van der Waals surface area contributed by atoms with Crippen LogP contribution in [-0.2, 0) is 17.6 Å². The lowest BCUT2D eigenvalue weighted by Crippen LogP contribution is -2.34. The topological polar surface area (TPSA) is 64.0 Å². The highest BCUT2D eigenvalue weighted by Crippen LogP contribution is 2.33. The summed E-state index contributed by atoms with van der Waals surface area (Å²) in [6.07, 6.45) is 16.0. The summed E-state index contributed by atoms with van der Waals surface area (Å²) in [5.74, 6) is 0.197. The molecule has 0 radical (unpaired) electrons. The number of hydrogen-bond donors (Lipinski definition) is 1. The maximum Gasteiger partial charge on any atom is 0.272 e. The number of aromatic nitrogens is 2. The Bertz CT molecular complexity index is 682. The largest absolute Gasteiger partial charge is 0.344 e. The molecule has 1 heterocycles. The average molecular weight is 372 g/mol. The second-order valence-corrected chi connectivity index (χ2v) is 8.70. The molecular formula is C22H33N3O2. The summed E-state index contributed by atoms with van der Waals surface area (Å²) in [4.78, 5) is 25.3. The molecule has 0 bridgehead atoms. The summed E-state index contributed by atoms with van der Waals surface area (Å²) in [6.45, 7) is 0.161. The summed E-state index contributed by atoms with van der Waals surface area (Å²) >= 11 is 0. The van der Waals surface area contributed by atoms with Gasteiger partial charge in [0.15, 0.2) is 11.5 Å². The molecule has 5 heteroatoms. The van der Waals surface area contributed by atoms with Gasteiger partial charge in [-0.25, -0.2) is 0 Å². The number of carbonyl (C=O) groups is 2. The van der Waals surface area contributed by atoms with Gasteiger partial charge in [0.2, 0.25) is 0 Å². The van der Waals surface area contributed by atoms with Gasteiger partial charge in [-0.3, -0.25) is 14.3 Å². The Kier molecular flexibility index (Phi) is 5.94. The van der Waals surface area contributed by atoms with Crippen LogP contribution in [0.2, 0.25) is 0 Å². The third kappa shape index (κ3) is 4.12. The minimum Gasteiger partial charge on any atom is -0.344 e. The SMILES string of the molecule is O=C(NCC(=O)C1CCCCC1)c1nn(C2CCCCC2)c2c1CCCC2. The van der Waals surface area contributed by atoms with Gasteiger partial charge in [-0.15, -0.1) is 0 Å². The number of ketones is 1. The van der Waals surface area contributed by atoms with E-state index in [-0.39, 0.29) is 24.2 Å². The van der Waals surface area contributed by atoms with Gasteiger partial charge in [-0.2, -0.15) is 5.10 Å². The summed E-state index contributed by atoms with van der Waals surface area (Å²) in [6, 6.07) is 0.455. The lowest BCUT2D eigenvalue weighted by atomic mass is 9.86. The minimum absolute atomic E-state index is 0.146. The van der Waals surface area contributed by atoms with Gasteiger partial charge in [0.05, 0.1) is 12.6 Å². The number of fused-ring (bicyclic) bond motifs is 1. The van der Waals surface area contributed by atoms with Gasteiger partial charge in [0.25, 0.3) is 5.91 Å². The summed E-state index contributed by atoms with van der Waals surface area (Å²) in [7, 11) is 0. The first-order valence-electron chi connectivity index (χ1n) is 11.1. The Morgan fingerprint density at radius 3 is 2.30 bits per heavy atom. The van der Waals surface area contributed by atoms with E-state index >= 15 is 0 Å². The van der Waals surface area contributed by atoms with Gasteiger partial charge in [-0.05, 0) is 51.4 Å². The maximum absolute atomic E-state index is 12.9. The molecule has 0 saturated heterocycles. The quantitative estimate of drug-likeness (QED) is 0.846. The normalized spacial score (nSPS) is 21.6. The molecule has 2 saturated carbocycles. The van der Waals surface area contributed by atoms with Gasteiger partial charge in [0.1, 0.15) is 0 Å². The molecule has 2 fully saturated rings. The molecule has 3 aliphatic rings. The van der Waals surface area contributed by atoms with Crippen molar-refractivity contribution in [3.8, 4) is 0 Å². The number of rotatable bonds is 5. The van der Waals surface area contributed by atoms with E-state index in [0.717, 1.165) is 50.5 Å². The third-order valence-electron chi connectivity index (χ3n) is 6.83. The fourth-order valence-electron chi connectivity index (χ4n) is 5.26. The number of hydrogen-bond acceptors (Lipinski definition) is 3. The zero-order chi connectivity index (χ0) is 18.6.